The Morgan fingerprint density at radius 3 is 3.06 bits per heavy atom. The van der Waals surface area contributed by atoms with Gasteiger partial charge in [-0.05, 0) is 42.6 Å². The average molecular weight is 244 g/mol. The molecule has 1 fully saturated rings. The number of hydrogen-bond acceptors (Lipinski definition) is 4. The number of nitrogens with zero attached hydrogens (tertiary/aromatic N) is 1. The number of nitriles is 1. The van der Waals surface area contributed by atoms with Gasteiger partial charge in [-0.15, -0.1) is 0 Å². The lowest BCUT2D eigenvalue weighted by atomic mass is 9.95. The van der Waals surface area contributed by atoms with Crippen LogP contribution in [0.4, 0.5) is 0 Å². The zero-order valence-electron chi connectivity index (χ0n) is 10.4. The molecule has 1 atom stereocenters. The van der Waals surface area contributed by atoms with Crippen molar-refractivity contribution in [2.45, 2.75) is 25.3 Å². The van der Waals surface area contributed by atoms with E-state index in [4.69, 9.17) is 10.00 Å². The summed E-state index contributed by atoms with van der Waals surface area (Å²) in [6.07, 6.45) is 2.43. The second kappa shape index (κ2) is 5.65. The standard InChI is InChI=1S/C14H16N2O2/c1-18-14(17)8-11-5-4-10(9-15)7-12(11)13-3-2-6-16-13/h4-5,7,13,16H,2-3,6,8H2,1H3. The highest BCUT2D eigenvalue weighted by Gasteiger charge is 2.20. The van der Waals surface area contributed by atoms with Crippen LogP contribution in [0.25, 0.3) is 0 Å². The Morgan fingerprint density at radius 1 is 1.61 bits per heavy atom. The fraction of sp³-hybridized carbons (Fsp3) is 0.429. The summed E-state index contributed by atoms with van der Waals surface area (Å²) in [6, 6.07) is 7.86. The summed E-state index contributed by atoms with van der Waals surface area (Å²) in [7, 11) is 1.39. The molecule has 4 nitrogen and oxygen atoms in total. The summed E-state index contributed by atoms with van der Waals surface area (Å²) in [6.45, 7) is 0.985. The molecular weight excluding hydrogens is 228 g/mol. The Hall–Kier alpha value is -1.86. The van der Waals surface area contributed by atoms with E-state index < -0.39 is 0 Å². The van der Waals surface area contributed by atoms with Gasteiger partial charge in [0, 0.05) is 6.04 Å². The van der Waals surface area contributed by atoms with Crippen LogP contribution < -0.4 is 5.32 Å². The number of carbonyl (C=O) groups is 1. The quantitative estimate of drug-likeness (QED) is 0.822. The highest BCUT2D eigenvalue weighted by atomic mass is 16.5. The van der Waals surface area contributed by atoms with E-state index in [1.807, 2.05) is 12.1 Å². The zero-order chi connectivity index (χ0) is 13.0. The molecule has 0 radical (unpaired) electrons. The van der Waals surface area contributed by atoms with E-state index in [9.17, 15) is 4.79 Å². The molecule has 18 heavy (non-hydrogen) atoms. The highest BCUT2D eigenvalue weighted by molar-refractivity contribution is 5.73. The fourth-order valence-electron chi connectivity index (χ4n) is 2.33. The minimum Gasteiger partial charge on any atom is -0.469 e. The summed E-state index contributed by atoms with van der Waals surface area (Å²) in [4.78, 5) is 11.4. The van der Waals surface area contributed by atoms with Crippen LogP contribution in [0.2, 0.25) is 0 Å². The van der Waals surface area contributed by atoms with Gasteiger partial charge < -0.3 is 10.1 Å². The van der Waals surface area contributed by atoms with Crippen molar-refractivity contribution in [3.05, 3.63) is 34.9 Å². The maximum absolute atomic E-state index is 11.4. The van der Waals surface area contributed by atoms with E-state index in [1.54, 1.807) is 6.07 Å². The largest absolute Gasteiger partial charge is 0.469 e. The Morgan fingerprint density at radius 2 is 2.44 bits per heavy atom. The van der Waals surface area contributed by atoms with Gasteiger partial charge in [-0.2, -0.15) is 5.26 Å². The number of carbonyl (C=O) groups excluding carboxylic acids is 1. The number of rotatable bonds is 3. The fourth-order valence-corrected chi connectivity index (χ4v) is 2.33. The second-order valence-corrected chi connectivity index (χ2v) is 4.43. The van der Waals surface area contributed by atoms with Gasteiger partial charge in [-0.1, -0.05) is 6.07 Å². The molecule has 1 N–H and O–H groups in total. The molecule has 0 saturated carbocycles. The Labute approximate surface area is 107 Å². The maximum atomic E-state index is 11.4. The van der Waals surface area contributed by atoms with E-state index >= 15 is 0 Å². The first-order valence-corrected chi connectivity index (χ1v) is 6.07. The van der Waals surface area contributed by atoms with Gasteiger partial charge in [0.2, 0.25) is 0 Å². The molecule has 1 saturated heterocycles. The van der Waals surface area contributed by atoms with Crippen LogP contribution in [0.5, 0.6) is 0 Å². The van der Waals surface area contributed by atoms with Gasteiger partial charge in [-0.25, -0.2) is 0 Å². The lowest BCUT2D eigenvalue weighted by Gasteiger charge is -2.15. The normalized spacial score (nSPS) is 18.3. The third-order valence-electron chi connectivity index (χ3n) is 3.27. The molecule has 1 unspecified atom stereocenters. The number of esters is 1. The van der Waals surface area contributed by atoms with Gasteiger partial charge >= 0.3 is 5.97 Å². The molecule has 1 aliphatic rings. The summed E-state index contributed by atoms with van der Waals surface area (Å²) in [5.41, 5.74) is 2.63. The summed E-state index contributed by atoms with van der Waals surface area (Å²) < 4.78 is 4.70. The molecule has 2 rings (SSSR count). The summed E-state index contributed by atoms with van der Waals surface area (Å²) >= 11 is 0. The molecule has 0 spiro atoms. The Balaban J connectivity index is 2.32. The van der Waals surface area contributed by atoms with Crippen LogP contribution in [0.15, 0.2) is 18.2 Å². The number of hydrogen-bond donors (Lipinski definition) is 1. The maximum Gasteiger partial charge on any atom is 0.309 e. The first-order valence-electron chi connectivity index (χ1n) is 6.07. The van der Waals surface area contributed by atoms with Crippen molar-refractivity contribution < 1.29 is 9.53 Å². The van der Waals surface area contributed by atoms with E-state index in [-0.39, 0.29) is 18.4 Å². The van der Waals surface area contributed by atoms with E-state index in [0.717, 1.165) is 30.5 Å². The second-order valence-electron chi connectivity index (χ2n) is 4.43. The molecule has 0 amide bonds. The van der Waals surface area contributed by atoms with E-state index in [2.05, 4.69) is 11.4 Å². The number of nitrogens with one attached hydrogen (secondary N) is 1. The molecule has 1 aromatic carbocycles. The lowest BCUT2D eigenvalue weighted by Crippen LogP contribution is -2.16. The third-order valence-corrected chi connectivity index (χ3v) is 3.27. The van der Waals surface area contributed by atoms with Crippen LogP contribution in [0.3, 0.4) is 0 Å². The molecular formula is C14H16N2O2. The van der Waals surface area contributed by atoms with Crippen LogP contribution in [0.1, 0.15) is 35.6 Å². The molecule has 0 aromatic heterocycles. The van der Waals surface area contributed by atoms with Gasteiger partial charge in [0.25, 0.3) is 0 Å². The molecule has 1 aromatic rings. The third kappa shape index (κ3) is 2.69. The van der Waals surface area contributed by atoms with E-state index in [0.29, 0.717) is 5.56 Å². The molecule has 0 aliphatic carbocycles. The van der Waals surface area contributed by atoms with Crippen LogP contribution in [0, 0.1) is 11.3 Å². The smallest absolute Gasteiger partial charge is 0.309 e. The van der Waals surface area contributed by atoms with Crippen molar-refractivity contribution in [2.24, 2.45) is 0 Å². The molecule has 0 bridgehead atoms. The molecule has 1 heterocycles. The van der Waals surface area contributed by atoms with Crippen LogP contribution >= 0.6 is 0 Å². The van der Waals surface area contributed by atoms with Crippen molar-refractivity contribution in [2.75, 3.05) is 13.7 Å². The van der Waals surface area contributed by atoms with Gasteiger partial charge in [0.1, 0.15) is 0 Å². The highest BCUT2D eigenvalue weighted by Crippen LogP contribution is 2.27. The number of benzene rings is 1. The molecule has 1 aliphatic heterocycles. The Bertz CT molecular complexity index is 485. The first-order chi connectivity index (χ1) is 8.74. The van der Waals surface area contributed by atoms with E-state index in [1.165, 1.54) is 7.11 Å². The van der Waals surface area contributed by atoms with Crippen molar-refractivity contribution in [3.63, 3.8) is 0 Å². The minimum atomic E-state index is -0.251. The summed E-state index contributed by atoms with van der Waals surface area (Å²) in [5.74, 6) is -0.251. The minimum absolute atomic E-state index is 0.248. The van der Waals surface area contributed by atoms with Crippen molar-refractivity contribution in [1.29, 1.82) is 5.26 Å². The molecule has 4 heteroatoms. The lowest BCUT2D eigenvalue weighted by molar-refractivity contribution is -0.139. The first kappa shape index (κ1) is 12.6. The van der Waals surface area contributed by atoms with Crippen molar-refractivity contribution in [1.82, 2.24) is 5.32 Å². The Kier molecular flexibility index (Phi) is 3.96. The summed E-state index contributed by atoms with van der Waals surface area (Å²) in [5, 5.41) is 12.4. The van der Waals surface area contributed by atoms with Gasteiger partial charge in [-0.3, -0.25) is 4.79 Å². The van der Waals surface area contributed by atoms with Crippen LogP contribution in [-0.4, -0.2) is 19.6 Å². The predicted molar refractivity (Wildman–Crippen MR) is 66.9 cm³/mol. The predicted octanol–water partition coefficient (Wildman–Crippen LogP) is 1.70. The van der Waals surface area contributed by atoms with Gasteiger partial charge in [0.15, 0.2) is 0 Å². The van der Waals surface area contributed by atoms with Crippen molar-refractivity contribution in [3.8, 4) is 6.07 Å². The number of ether oxygens (including phenoxy) is 1. The zero-order valence-corrected chi connectivity index (χ0v) is 10.4. The average Bonchev–Trinajstić information content (AvgIpc) is 2.92. The topological polar surface area (TPSA) is 62.1 Å². The monoisotopic (exact) mass is 244 g/mol. The van der Waals surface area contributed by atoms with Crippen molar-refractivity contribution >= 4 is 5.97 Å². The SMILES string of the molecule is COC(=O)Cc1ccc(C#N)cc1C1CCCN1. The van der Waals surface area contributed by atoms with Gasteiger partial charge in [0.05, 0.1) is 25.2 Å². The molecule has 94 valence electrons. The van der Waals surface area contributed by atoms with Crippen LogP contribution in [-0.2, 0) is 16.0 Å². The number of methoxy groups -OCH3 is 1.